The SMILES string of the molecule is CC(=O)NC1CCC(S(=O)(=O)N2CCC(C3CCN4NC(C(F)(F)F)C(C(=O)N5CCCCC5)C4C3)CC2)CC1. The average Bonchev–Trinajstić information content (AvgIpc) is 3.33. The van der Waals surface area contributed by atoms with Gasteiger partial charge >= 0.3 is 6.18 Å². The molecular formula is C27H44F3N5O4S. The van der Waals surface area contributed by atoms with E-state index in [1.165, 1.54) is 6.92 Å². The summed E-state index contributed by atoms with van der Waals surface area (Å²) in [6.07, 6.45) is 3.18. The van der Waals surface area contributed by atoms with Crippen LogP contribution in [0.25, 0.3) is 0 Å². The van der Waals surface area contributed by atoms with Crippen molar-refractivity contribution in [2.45, 2.75) is 107 Å². The average molecular weight is 592 g/mol. The van der Waals surface area contributed by atoms with Crippen molar-refractivity contribution in [3.05, 3.63) is 0 Å². The molecule has 4 atom stereocenters. The lowest BCUT2D eigenvalue weighted by Crippen LogP contribution is -2.51. The Morgan fingerprint density at radius 2 is 1.48 bits per heavy atom. The summed E-state index contributed by atoms with van der Waals surface area (Å²) in [7, 11) is -3.43. The number of halogens is 3. The lowest BCUT2D eigenvalue weighted by atomic mass is 9.74. The number of nitrogens with zero attached hydrogens (tertiary/aromatic N) is 3. The van der Waals surface area contributed by atoms with E-state index in [0.29, 0.717) is 77.7 Å². The Balaban J connectivity index is 1.19. The number of rotatable bonds is 5. The number of hydrogen-bond donors (Lipinski definition) is 2. The highest BCUT2D eigenvalue weighted by molar-refractivity contribution is 7.89. The van der Waals surface area contributed by atoms with Crippen LogP contribution in [-0.4, -0.2) is 96.7 Å². The highest BCUT2D eigenvalue weighted by Crippen LogP contribution is 2.44. The van der Waals surface area contributed by atoms with Gasteiger partial charge in [0.25, 0.3) is 0 Å². The van der Waals surface area contributed by atoms with E-state index in [2.05, 4.69) is 10.7 Å². The number of alkyl halides is 3. The maximum atomic E-state index is 14.1. The fourth-order valence-electron chi connectivity index (χ4n) is 7.95. The van der Waals surface area contributed by atoms with E-state index >= 15 is 0 Å². The minimum Gasteiger partial charge on any atom is -0.354 e. The monoisotopic (exact) mass is 591 g/mol. The largest absolute Gasteiger partial charge is 0.406 e. The Bertz CT molecular complexity index is 1020. The number of carbonyl (C=O) groups is 2. The summed E-state index contributed by atoms with van der Waals surface area (Å²) in [5.41, 5.74) is 2.65. The van der Waals surface area contributed by atoms with E-state index in [9.17, 15) is 31.2 Å². The molecule has 0 aromatic heterocycles. The molecule has 0 aromatic carbocycles. The summed E-state index contributed by atoms with van der Waals surface area (Å²) in [5, 5.41) is 4.13. The van der Waals surface area contributed by atoms with E-state index < -0.39 is 39.5 Å². The van der Waals surface area contributed by atoms with Gasteiger partial charge in [-0.3, -0.25) is 9.59 Å². The molecule has 2 N–H and O–H groups in total. The molecule has 4 heterocycles. The van der Waals surface area contributed by atoms with E-state index in [4.69, 9.17) is 0 Å². The molecule has 0 spiro atoms. The van der Waals surface area contributed by atoms with Gasteiger partial charge in [0.05, 0.1) is 11.2 Å². The van der Waals surface area contributed by atoms with Crippen LogP contribution in [0.2, 0.25) is 0 Å². The maximum Gasteiger partial charge on any atom is 0.406 e. The van der Waals surface area contributed by atoms with Gasteiger partial charge in [-0.25, -0.2) is 23.2 Å². The second-order valence-corrected chi connectivity index (χ2v) is 14.8. The minimum atomic E-state index is -4.51. The number of hydrogen-bond acceptors (Lipinski definition) is 6. The molecule has 0 radical (unpaired) electrons. The third-order valence-electron chi connectivity index (χ3n) is 10.1. The molecule has 4 saturated heterocycles. The van der Waals surface area contributed by atoms with Crippen molar-refractivity contribution in [1.82, 2.24) is 25.0 Å². The fourth-order valence-corrected chi connectivity index (χ4v) is 9.96. The smallest absolute Gasteiger partial charge is 0.354 e. The third kappa shape index (κ3) is 6.32. The summed E-state index contributed by atoms with van der Waals surface area (Å²) < 4.78 is 70.6. The van der Waals surface area contributed by atoms with Crippen molar-refractivity contribution in [2.75, 3.05) is 32.7 Å². The van der Waals surface area contributed by atoms with E-state index in [0.717, 1.165) is 25.7 Å². The predicted molar refractivity (Wildman–Crippen MR) is 143 cm³/mol. The van der Waals surface area contributed by atoms with Crippen molar-refractivity contribution in [3.8, 4) is 0 Å². The zero-order valence-electron chi connectivity index (χ0n) is 23.4. The number of piperidine rings is 3. The fraction of sp³-hybridized carbons (Fsp3) is 0.926. The van der Waals surface area contributed by atoms with Gasteiger partial charge in [-0.2, -0.15) is 13.2 Å². The lowest BCUT2D eigenvalue weighted by Gasteiger charge is -2.43. The zero-order chi connectivity index (χ0) is 28.7. The van der Waals surface area contributed by atoms with Crippen molar-refractivity contribution in [2.24, 2.45) is 17.8 Å². The summed E-state index contributed by atoms with van der Waals surface area (Å²) in [6, 6.07) is -2.33. The van der Waals surface area contributed by atoms with Gasteiger partial charge in [-0.05, 0) is 82.5 Å². The molecule has 1 aliphatic carbocycles. The summed E-state index contributed by atoms with van der Waals surface area (Å²) in [5.74, 6) is -1.21. The van der Waals surface area contributed by atoms with Gasteiger partial charge in [0.1, 0.15) is 6.04 Å². The molecule has 13 heteroatoms. The Kier molecular flexibility index (Phi) is 9.04. The van der Waals surface area contributed by atoms with Crippen molar-refractivity contribution < 1.29 is 31.2 Å². The van der Waals surface area contributed by atoms with Crippen LogP contribution in [0.15, 0.2) is 0 Å². The van der Waals surface area contributed by atoms with Crippen LogP contribution in [0.3, 0.4) is 0 Å². The van der Waals surface area contributed by atoms with Gasteiger partial charge in [0.15, 0.2) is 0 Å². The number of nitrogens with one attached hydrogen (secondary N) is 2. The second-order valence-electron chi connectivity index (χ2n) is 12.6. The third-order valence-corrected chi connectivity index (χ3v) is 12.5. The normalized spacial score (nSPS) is 35.4. The van der Waals surface area contributed by atoms with E-state index in [1.807, 2.05) is 0 Å². The van der Waals surface area contributed by atoms with Crippen LogP contribution in [0.5, 0.6) is 0 Å². The van der Waals surface area contributed by atoms with Crippen molar-refractivity contribution >= 4 is 21.8 Å². The molecule has 0 bridgehead atoms. The maximum absolute atomic E-state index is 14.1. The molecule has 5 rings (SSSR count). The molecule has 4 aliphatic heterocycles. The molecule has 0 aromatic rings. The Labute approximate surface area is 235 Å². The molecule has 1 saturated carbocycles. The lowest BCUT2D eigenvalue weighted by molar-refractivity contribution is -0.172. The number of hydrazine groups is 1. The summed E-state index contributed by atoms with van der Waals surface area (Å²) >= 11 is 0. The van der Waals surface area contributed by atoms with Crippen LogP contribution in [0.1, 0.15) is 77.6 Å². The van der Waals surface area contributed by atoms with Gasteiger partial charge in [-0.15, -0.1) is 0 Å². The van der Waals surface area contributed by atoms with E-state index in [-0.39, 0.29) is 29.7 Å². The zero-order valence-corrected chi connectivity index (χ0v) is 24.2. The number of likely N-dealkylation sites (tertiary alicyclic amines) is 1. The highest BCUT2D eigenvalue weighted by atomic mass is 32.2. The molecule has 5 fully saturated rings. The molecule has 40 heavy (non-hydrogen) atoms. The van der Waals surface area contributed by atoms with Gasteiger partial charge < -0.3 is 10.2 Å². The molecule has 9 nitrogen and oxygen atoms in total. The van der Waals surface area contributed by atoms with Crippen molar-refractivity contribution in [1.29, 1.82) is 0 Å². The van der Waals surface area contributed by atoms with Crippen LogP contribution in [0, 0.1) is 17.8 Å². The van der Waals surface area contributed by atoms with Crippen molar-refractivity contribution in [3.63, 3.8) is 0 Å². The number of carbonyl (C=O) groups excluding carboxylic acids is 2. The minimum absolute atomic E-state index is 0.0354. The van der Waals surface area contributed by atoms with Crippen LogP contribution < -0.4 is 10.7 Å². The standard InChI is InChI=1S/C27H44F3N5O4S/c1-18(36)31-21-5-7-22(8-6-21)40(38,39)34-14-9-19(10-15-34)20-11-16-35-23(17-20)24(25(32-35)27(28,29)30)26(37)33-12-3-2-4-13-33/h19-25,32H,2-17H2,1H3,(H,31,36). The first-order valence-electron chi connectivity index (χ1n) is 15.1. The number of sulfonamides is 1. The molecule has 4 unspecified atom stereocenters. The topological polar surface area (TPSA) is 102 Å². The molecule has 5 aliphatic rings. The molecule has 228 valence electrons. The number of fused-ring (bicyclic) bond motifs is 1. The quantitative estimate of drug-likeness (QED) is 0.510. The van der Waals surface area contributed by atoms with Crippen LogP contribution in [0.4, 0.5) is 13.2 Å². The second kappa shape index (κ2) is 12.0. The van der Waals surface area contributed by atoms with Gasteiger partial charge in [0.2, 0.25) is 21.8 Å². The Hall–Kier alpha value is -1.44. The summed E-state index contributed by atoms with van der Waals surface area (Å²) in [6.45, 7) is 3.85. The Morgan fingerprint density at radius 3 is 2.08 bits per heavy atom. The first-order valence-corrected chi connectivity index (χ1v) is 16.6. The van der Waals surface area contributed by atoms with Gasteiger partial charge in [-0.1, -0.05) is 0 Å². The number of amides is 2. The van der Waals surface area contributed by atoms with E-state index in [1.54, 1.807) is 14.2 Å². The molecule has 2 amide bonds. The van der Waals surface area contributed by atoms with Gasteiger partial charge in [0, 0.05) is 51.7 Å². The summed E-state index contributed by atoms with van der Waals surface area (Å²) in [4.78, 5) is 26.4. The molecular weight excluding hydrogens is 547 g/mol. The highest BCUT2D eigenvalue weighted by Gasteiger charge is 2.59. The predicted octanol–water partition coefficient (Wildman–Crippen LogP) is 2.63. The van der Waals surface area contributed by atoms with Crippen LogP contribution in [-0.2, 0) is 19.6 Å². The Morgan fingerprint density at radius 1 is 0.850 bits per heavy atom. The van der Waals surface area contributed by atoms with Crippen LogP contribution >= 0.6 is 0 Å². The first-order chi connectivity index (χ1) is 18.9. The first kappa shape index (κ1) is 30.0.